The number of thiophene rings is 1. The molecular formula is C40H25NOS. The molecule has 0 saturated carbocycles. The van der Waals surface area contributed by atoms with Crippen LogP contribution in [0.5, 0.6) is 0 Å². The van der Waals surface area contributed by atoms with Crippen LogP contribution in [-0.2, 0) is 0 Å². The van der Waals surface area contributed by atoms with Gasteiger partial charge in [0.15, 0.2) is 0 Å². The van der Waals surface area contributed by atoms with Gasteiger partial charge in [-0.2, -0.15) is 0 Å². The smallest absolute Gasteiger partial charge is 0.143 e. The van der Waals surface area contributed by atoms with Crippen molar-refractivity contribution in [1.29, 1.82) is 0 Å². The summed E-state index contributed by atoms with van der Waals surface area (Å²) in [4.78, 5) is 2.34. The molecule has 0 N–H and O–H groups in total. The largest absolute Gasteiger partial charge is 0.455 e. The van der Waals surface area contributed by atoms with Gasteiger partial charge in [0.1, 0.15) is 11.2 Å². The fourth-order valence-electron chi connectivity index (χ4n) is 6.37. The third-order valence-electron chi connectivity index (χ3n) is 8.45. The molecule has 0 aliphatic carbocycles. The van der Waals surface area contributed by atoms with Gasteiger partial charge in [-0.05, 0) is 83.2 Å². The summed E-state index contributed by atoms with van der Waals surface area (Å²) in [7, 11) is 0. The van der Waals surface area contributed by atoms with Crippen LogP contribution in [0.4, 0.5) is 17.1 Å². The predicted molar refractivity (Wildman–Crippen MR) is 184 cm³/mol. The van der Waals surface area contributed by atoms with Gasteiger partial charge in [-0.3, -0.25) is 0 Å². The lowest BCUT2D eigenvalue weighted by atomic mass is 9.99. The van der Waals surface area contributed by atoms with Crippen LogP contribution in [-0.4, -0.2) is 0 Å². The Bertz CT molecular complexity index is 2450. The lowest BCUT2D eigenvalue weighted by Crippen LogP contribution is -2.09. The van der Waals surface area contributed by atoms with Crippen molar-refractivity contribution < 1.29 is 4.42 Å². The molecule has 9 aromatic rings. The highest BCUT2D eigenvalue weighted by atomic mass is 32.1. The second kappa shape index (κ2) is 9.59. The minimum Gasteiger partial charge on any atom is -0.455 e. The first kappa shape index (κ1) is 24.2. The van der Waals surface area contributed by atoms with Crippen molar-refractivity contribution in [1.82, 2.24) is 0 Å². The van der Waals surface area contributed by atoms with Gasteiger partial charge < -0.3 is 9.32 Å². The number of hydrogen-bond acceptors (Lipinski definition) is 3. The van der Waals surface area contributed by atoms with E-state index in [4.69, 9.17) is 4.42 Å². The Labute approximate surface area is 252 Å². The maximum absolute atomic E-state index is 6.28. The maximum Gasteiger partial charge on any atom is 0.143 e. The van der Waals surface area contributed by atoms with Crippen molar-refractivity contribution in [3.05, 3.63) is 152 Å². The molecule has 0 aliphatic heterocycles. The van der Waals surface area contributed by atoms with Crippen molar-refractivity contribution in [2.75, 3.05) is 4.90 Å². The highest BCUT2D eigenvalue weighted by Crippen LogP contribution is 2.41. The minimum absolute atomic E-state index is 0.930. The van der Waals surface area contributed by atoms with Crippen LogP contribution in [0.15, 0.2) is 156 Å². The van der Waals surface area contributed by atoms with E-state index in [1.165, 1.54) is 36.7 Å². The van der Waals surface area contributed by atoms with Crippen LogP contribution < -0.4 is 4.90 Å². The first-order valence-electron chi connectivity index (χ1n) is 14.5. The molecule has 43 heavy (non-hydrogen) atoms. The molecule has 0 amide bonds. The summed E-state index contributed by atoms with van der Waals surface area (Å²) >= 11 is 1.85. The lowest BCUT2D eigenvalue weighted by molar-refractivity contribution is 0.672. The van der Waals surface area contributed by atoms with Crippen LogP contribution in [0.25, 0.3) is 64.0 Å². The number of furan rings is 1. The Morgan fingerprint density at radius 3 is 1.95 bits per heavy atom. The SMILES string of the molecule is c1ccc(N(c2ccc(-c3ccc4c(ccc5c6ccccc6oc45)c3)cc2)c2ccc3c(c2)sc2ccccc23)cc1. The van der Waals surface area contributed by atoms with E-state index in [0.717, 1.165) is 44.4 Å². The third kappa shape index (κ3) is 3.93. The number of benzene rings is 7. The molecule has 2 aromatic heterocycles. The Morgan fingerprint density at radius 2 is 1.07 bits per heavy atom. The minimum atomic E-state index is 0.930. The second-order valence-electron chi connectivity index (χ2n) is 11.0. The lowest BCUT2D eigenvalue weighted by Gasteiger charge is -2.25. The van der Waals surface area contributed by atoms with Crippen LogP contribution in [0, 0.1) is 0 Å². The van der Waals surface area contributed by atoms with E-state index in [1.54, 1.807) is 0 Å². The standard InChI is InChI=1S/C40H25NOS/c1-2-8-29(9-3-1)41(31-20-23-35-34-11-5-7-13-38(34)43-39(35)25-31)30-18-14-26(15-19-30)27-16-21-32-28(24-27)17-22-36-33-10-4-6-12-37(33)42-40(32)36/h1-25H. The van der Waals surface area contributed by atoms with Crippen molar-refractivity contribution in [2.45, 2.75) is 0 Å². The summed E-state index contributed by atoms with van der Waals surface area (Å²) in [5.41, 5.74) is 7.67. The van der Waals surface area contributed by atoms with Crippen molar-refractivity contribution >= 4 is 81.3 Å². The quantitative estimate of drug-likeness (QED) is 0.210. The van der Waals surface area contributed by atoms with Crippen LogP contribution in [0.1, 0.15) is 0 Å². The zero-order chi connectivity index (χ0) is 28.3. The Morgan fingerprint density at radius 1 is 0.419 bits per heavy atom. The van der Waals surface area contributed by atoms with Crippen molar-refractivity contribution in [3.63, 3.8) is 0 Å². The van der Waals surface area contributed by atoms with E-state index >= 15 is 0 Å². The van der Waals surface area contributed by atoms with E-state index < -0.39 is 0 Å². The van der Waals surface area contributed by atoms with Gasteiger partial charge in [0.25, 0.3) is 0 Å². The Kier molecular flexibility index (Phi) is 5.40. The first-order chi connectivity index (χ1) is 21.3. The number of hydrogen-bond donors (Lipinski definition) is 0. The van der Waals surface area contributed by atoms with Gasteiger partial charge in [-0.1, -0.05) is 84.9 Å². The van der Waals surface area contributed by atoms with Crippen LogP contribution in [0.3, 0.4) is 0 Å². The average Bonchev–Trinajstić information content (AvgIpc) is 3.64. The van der Waals surface area contributed by atoms with Gasteiger partial charge in [-0.15, -0.1) is 11.3 Å². The predicted octanol–water partition coefficient (Wildman–Crippen LogP) is 12.2. The highest BCUT2D eigenvalue weighted by molar-refractivity contribution is 7.25. The number of nitrogens with zero attached hydrogens (tertiary/aromatic N) is 1. The van der Waals surface area contributed by atoms with Gasteiger partial charge in [0.05, 0.1) is 0 Å². The van der Waals surface area contributed by atoms with Crippen molar-refractivity contribution in [2.24, 2.45) is 0 Å². The molecule has 9 rings (SSSR count). The summed E-state index contributed by atoms with van der Waals surface area (Å²) in [5.74, 6) is 0. The zero-order valence-electron chi connectivity index (χ0n) is 23.2. The Hall–Kier alpha value is -5.38. The monoisotopic (exact) mass is 567 g/mol. The summed E-state index contributed by atoms with van der Waals surface area (Å²) in [5, 5.41) is 7.27. The van der Waals surface area contributed by atoms with Gasteiger partial charge >= 0.3 is 0 Å². The fourth-order valence-corrected chi connectivity index (χ4v) is 7.51. The summed E-state index contributed by atoms with van der Waals surface area (Å²) in [6.07, 6.45) is 0. The van der Waals surface area contributed by atoms with Gasteiger partial charge in [0.2, 0.25) is 0 Å². The molecule has 0 spiro atoms. The fraction of sp³-hybridized carbons (Fsp3) is 0. The molecule has 7 aromatic carbocycles. The molecule has 0 fully saturated rings. The van der Waals surface area contributed by atoms with E-state index in [1.807, 2.05) is 23.5 Å². The molecule has 3 heteroatoms. The molecule has 2 nitrogen and oxygen atoms in total. The molecule has 0 bridgehead atoms. The number of rotatable bonds is 4. The first-order valence-corrected chi connectivity index (χ1v) is 15.3. The number of anilines is 3. The number of para-hydroxylation sites is 2. The molecule has 0 atom stereocenters. The Balaban J connectivity index is 1.12. The molecule has 0 radical (unpaired) electrons. The van der Waals surface area contributed by atoms with Gasteiger partial charge in [-0.25, -0.2) is 0 Å². The molecule has 0 aliphatic rings. The normalized spacial score (nSPS) is 11.7. The topological polar surface area (TPSA) is 16.4 Å². The second-order valence-corrected chi connectivity index (χ2v) is 12.1. The molecule has 202 valence electrons. The molecular weight excluding hydrogens is 543 g/mol. The summed E-state index contributed by atoms with van der Waals surface area (Å²) < 4.78 is 8.89. The van der Waals surface area contributed by atoms with Crippen LogP contribution >= 0.6 is 11.3 Å². The van der Waals surface area contributed by atoms with E-state index in [9.17, 15) is 0 Å². The summed E-state index contributed by atoms with van der Waals surface area (Å²) in [6, 6.07) is 54.3. The number of fused-ring (bicyclic) bond motifs is 8. The maximum atomic E-state index is 6.28. The highest BCUT2D eigenvalue weighted by Gasteiger charge is 2.15. The molecule has 0 saturated heterocycles. The van der Waals surface area contributed by atoms with Crippen molar-refractivity contribution in [3.8, 4) is 11.1 Å². The van der Waals surface area contributed by atoms with E-state index in [0.29, 0.717) is 0 Å². The van der Waals surface area contributed by atoms with Crippen LogP contribution in [0.2, 0.25) is 0 Å². The molecule has 2 heterocycles. The van der Waals surface area contributed by atoms with Gasteiger partial charge in [0, 0.05) is 53.4 Å². The van der Waals surface area contributed by atoms with E-state index in [2.05, 4.69) is 144 Å². The molecule has 0 unspecified atom stereocenters. The summed E-state index contributed by atoms with van der Waals surface area (Å²) in [6.45, 7) is 0. The average molecular weight is 568 g/mol. The zero-order valence-corrected chi connectivity index (χ0v) is 24.0. The van der Waals surface area contributed by atoms with E-state index in [-0.39, 0.29) is 0 Å². The third-order valence-corrected chi connectivity index (χ3v) is 9.59.